The molecule has 2 amide bonds. The fraction of sp³-hybridized carbons (Fsp3) is 0.692. The predicted molar refractivity (Wildman–Crippen MR) is 126 cm³/mol. The van der Waals surface area contributed by atoms with Crippen LogP contribution in [0, 0.1) is 11.8 Å². The van der Waals surface area contributed by atoms with Crippen LogP contribution in [-0.2, 0) is 24.5 Å². The molecule has 1 aliphatic carbocycles. The molecule has 4 fully saturated rings. The Bertz CT molecular complexity index is 876. The van der Waals surface area contributed by atoms with Gasteiger partial charge in [-0.15, -0.1) is 0 Å². The first-order valence-corrected chi connectivity index (χ1v) is 12.5. The Morgan fingerprint density at radius 1 is 1.03 bits per heavy atom. The minimum absolute atomic E-state index is 0.0172. The molecular formula is C26H37N3O5. The van der Waals surface area contributed by atoms with Crippen LogP contribution in [-0.4, -0.2) is 99.0 Å². The largest absolute Gasteiger partial charge is 0.464 e. The number of ether oxygens (including phenoxy) is 3. The molecule has 8 heteroatoms. The van der Waals surface area contributed by atoms with E-state index in [1.165, 1.54) is 5.56 Å². The lowest BCUT2D eigenvalue weighted by molar-refractivity contribution is -0.151. The second-order valence-corrected chi connectivity index (χ2v) is 10.8. The number of nitrogens with zero attached hydrogens (tertiary/aromatic N) is 3. The second kappa shape index (κ2) is 9.47. The van der Waals surface area contributed by atoms with Gasteiger partial charge in [0.1, 0.15) is 6.54 Å². The average Bonchev–Trinajstić information content (AvgIpc) is 3.01. The van der Waals surface area contributed by atoms with Crippen LogP contribution in [0.15, 0.2) is 30.3 Å². The summed E-state index contributed by atoms with van der Waals surface area (Å²) in [5.74, 6) is 0.336. The highest BCUT2D eigenvalue weighted by Crippen LogP contribution is 2.49. The van der Waals surface area contributed by atoms with Crippen LogP contribution in [0.1, 0.15) is 31.2 Å². The maximum Gasteiger partial charge on any atom is 0.325 e. The van der Waals surface area contributed by atoms with Gasteiger partial charge in [-0.05, 0) is 45.3 Å². The summed E-state index contributed by atoms with van der Waals surface area (Å²) in [4.78, 5) is 32.2. The van der Waals surface area contributed by atoms with Gasteiger partial charge in [0.15, 0.2) is 0 Å². The Hall–Kier alpha value is -2.16. The van der Waals surface area contributed by atoms with Crippen molar-refractivity contribution in [1.29, 1.82) is 0 Å². The van der Waals surface area contributed by atoms with Crippen molar-refractivity contribution in [3.8, 4) is 0 Å². The Labute approximate surface area is 202 Å². The van der Waals surface area contributed by atoms with E-state index in [-0.39, 0.29) is 35.5 Å². The summed E-state index contributed by atoms with van der Waals surface area (Å²) in [5, 5.41) is 0. The molecule has 0 unspecified atom stereocenters. The summed E-state index contributed by atoms with van der Waals surface area (Å²) in [6, 6.07) is 10.7. The number of urea groups is 1. The first-order valence-electron chi connectivity index (χ1n) is 12.5. The van der Waals surface area contributed by atoms with Gasteiger partial charge in [-0.25, -0.2) is 4.79 Å². The molecule has 3 aliphatic heterocycles. The normalized spacial score (nSPS) is 30.0. The quantitative estimate of drug-likeness (QED) is 0.542. The number of benzene rings is 1. The van der Waals surface area contributed by atoms with Crippen LogP contribution in [0.5, 0.6) is 0 Å². The van der Waals surface area contributed by atoms with E-state index >= 15 is 0 Å². The minimum Gasteiger partial charge on any atom is -0.464 e. The van der Waals surface area contributed by atoms with Crippen LogP contribution in [0.25, 0.3) is 0 Å². The van der Waals surface area contributed by atoms with E-state index in [1.54, 1.807) is 4.90 Å². The lowest BCUT2D eigenvalue weighted by Crippen LogP contribution is -2.57. The highest BCUT2D eigenvalue weighted by molar-refractivity contribution is 5.83. The summed E-state index contributed by atoms with van der Waals surface area (Å²) in [5.41, 5.74) is 1.04. The average molecular weight is 472 g/mol. The smallest absolute Gasteiger partial charge is 0.325 e. The highest BCUT2D eigenvalue weighted by Gasteiger charge is 2.55. The molecule has 1 aromatic carbocycles. The molecule has 5 rings (SSSR count). The Morgan fingerprint density at radius 2 is 1.68 bits per heavy atom. The number of esters is 1. The Morgan fingerprint density at radius 3 is 2.24 bits per heavy atom. The molecule has 0 radical (unpaired) electrons. The lowest BCUT2D eigenvalue weighted by Gasteiger charge is -2.51. The molecule has 3 saturated heterocycles. The van der Waals surface area contributed by atoms with Crippen molar-refractivity contribution < 1.29 is 23.8 Å². The van der Waals surface area contributed by atoms with E-state index in [0.717, 1.165) is 25.7 Å². The topological polar surface area (TPSA) is 71.6 Å². The van der Waals surface area contributed by atoms with Crippen molar-refractivity contribution in [2.45, 2.75) is 36.8 Å². The van der Waals surface area contributed by atoms with E-state index in [2.05, 4.69) is 54.2 Å². The molecule has 4 aliphatic rings. The molecule has 0 atom stereocenters. The van der Waals surface area contributed by atoms with Crippen LogP contribution >= 0.6 is 0 Å². The fourth-order valence-corrected chi connectivity index (χ4v) is 6.02. The molecule has 3 heterocycles. The first kappa shape index (κ1) is 23.6. The molecule has 1 saturated carbocycles. The van der Waals surface area contributed by atoms with Crippen LogP contribution in [0.2, 0.25) is 0 Å². The van der Waals surface area contributed by atoms with Gasteiger partial charge in [0.05, 0.1) is 38.6 Å². The number of rotatable bonds is 8. The van der Waals surface area contributed by atoms with Crippen molar-refractivity contribution in [3.63, 3.8) is 0 Å². The molecule has 34 heavy (non-hydrogen) atoms. The SMILES string of the molecule is CN(C)[C@]1(c2ccccc2)CC[C@@]2(CC1)CN(CC(=O)OCC1COC1)C(=O)N2CC1COC1. The summed E-state index contributed by atoms with van der Waals surface area (Å²) in [6.45, 7) is 4.37. The molecular weight excluding hydrogens is 434 g/mol. The van der Waals surface area contributed by atoms with Gasteiger partial charge in [0, 0.05) is 30.5 Å². The van der Waals surface area contributed by atoms with Gasteiger partial charge in [0.2, 0.25) is 0 Å². The molecule has 1 aromatic rings. The number of amides is 2. The Balaban J connectivity index is 1.31. The third kappa shape index (κ3) is 4.32. The molecule has 0 aromatic heterocycles. The van der Waals surface area contributed by atoms with Gasteiger partial charge >= 0.3 is 12.0 Å². The summed E-state index contributed by atoms with van der Waals surface area (Å²) >= 11 is 0. The summed E-state index contributed by atoms with van der Waals surface area (Å²) in [6.07, 6.45) is 3.75. The zero-order chi connectivity index (χ0) is 23.8. The number of carbonyl (C=O) groups excluding carboxylic acids is 2. The third-order valence-corrected chi connectivity index (χ3v) is 8.39. The standard InChI is InChI=1S/C26H37N3O5/c1-27(2)26(22-6-4-3-5-7-22)10-8-25(9-11-26)19-28(13-23(30)34-18-21-16-33-17-21)24(31)29(25)12-20-14-32-15-20/h3-7,20-21H,8-19H2,1-2H3/t25-,26-. The number of carbonyl (C=O) groups is 2. The van der Waals surface area contributed by atoms with Gasteiger partial charge in [-0.3, -0.25) is 9.69 Å². The predicted octanol–water partition coefficient (Wildman–Crippen LogP) is 2.33. The van der Waals surface area contributed by atoms with Gasteiger partial charge < -0.3 is 24.0 Å². The summed E-state index contributed by atoms with van der Waals surface area (Å²) in [7, 11) is 4.31. The minimum atomic E-state index is -0.327. The molecule has 0 N–H and O–H groups in total. The van der Waals surface area contributed by atoms with Gasteiger partial charge in [0.25, 0.3) is 0 Å². The summed E-state index contributed by atoms with van der Waals surface area (Å²) < 4.78 is 16.0. The van der Waals surface area contributed by atoms with Crippen molar-refractivity contribution in [2.75, 3.05) is 66.8 Å². The maximum atomic E-state index is 13.5. The zero-order valence-electron chi connectivity index (χ0n) is 20.4. The highest BCUT2D eigenvalue weighted by atomic mass is 16.5. The molecule has 0 bridgehead atoms. The first-order chi connectivity index (χ1) is 16.4. The van der Waals surface area contributed by atoms with Gasteiger partial charge in [-0.1, -0.05) is 30.3 Å². The van der Waals surface area contributed by atoms with Crippen molar-refractivity contribution >= 4 is 12.0 Å². The molecule has 186 valence electrons. The fourth-order valence-electron chi connectivity index (χ4n) is 6.02. The monoisotopic (exact) mass is 471 g/mol. The third-order valence-electron chi connectivity index (χ3n) is 8.39. The Kier molecular flexibility index (Phi) is 6.57. The van der Waals surface area contributed by atoms with E-state index in [0.29, 0.717) is 52.0 Å². The van der Waals surface area contributed by atoms with Crippen molar-refractivity contribution in [1.82, 2.24) is 14.7 Å². The number of hydrogen-bond acceptors (Lipinski definition) is 6. The van der Waals surface area contributed by atoms with Crippen molar-refractivity contribution in [3.05, 3.63) is 35.9 Å². The molecule has 8 nitrogen and oxygen atoms in total. The van der Waals surface area contributed by atoms with Gasteiger partial charge in [-0.2, -0.15) is 0 Å². The van der Waals surface area contributed by atoms with E-state index < -0.39 is 0 Å². The van der Waals surface area contributed by atoms with Crippen LogP contribution < -0.4 is 0 Å². The zero-order valence-corrected chi connectivity index (χ0v) is 20.4. The molecule has 1 spiro atoms. The van der Waals surface area contributed by atoms with Crippen molar-refractivity contribution in [2.24, 2.45) is 11.8 Å². The maximum absolute atomic E-state index is 13.5. The number of hydrogen-bond donors (Lipinski definition) is 0. The van der Waals surface area contributed by atoms with Crippen LogP contribution in [0.3, 0.4) is 0 Å². The van der Waals surface area contributed by atoms with E-state index in [1.807, 2.05) is 0 Å². The van der Waals surface area contributed by atoms with E-state index in [4.69, 9.17) is 14.2 Å². The second-order valence-electron chi connectivity index (χ2n) is 10.8. The van der Waals surface area contributed by atoms with E-state index in [9.17, 15) is 9.59 Å². The van der Waals surface area contributed by atoms with Crippen LogP contribution in [0.4, 0.5) is 4.79 Å². The lowest BCUT2D eigenvalue weighted by atomic mass is 9.68.